The van der Waals surface area contributed by atoms with Gasteiger partial charge in [0.1, 0.15) is 0 Å². The predicted octanol–water partition coefficient (Wildman–Crippen LogP) is 8.66. The lowest BCUT2D eigenvalue weighted by Gasteiger charge is -1.96. The largest absolute Gasteiger partial charge is 0.0991 e. The Balaban J connectivity index is 0.000000225. The van der Waals surface area contributed by atoms with Gasteiger partial charge in [0.25, 0.3) is 0 Å². The van der Waals surface area contributed by atoms with Crippen LogP contribution in [0.25, 0.3) is 17.7 Å². The van der Waals surface area contributed by atoms with E-state index in [0.717, 1.165) is 11.1 Å². The maximum Gasteiger partial charge on any atom is -0.0190 e. The predicted molar refractivity (Wildman–Crippen MR) is 137 cm³/mol. The molecule has 0 heterocycles. The molecule has 30 heavy (non-hydrogen) atoms. The van der Waals surface area contributed by atoms with E-state index in [1.807, 2.05) is 91.0 Å². The van der Waals surface area contributed by atoms with Gasteiger partial charge in [0, 0.05) is 0 Å². The summed E-state index contributed by atoms with van der Waals surface area (Å²) in [6, 6.07) is 30.3. The van der Waals surface area contributed by atoms with Crippen LogP contribution in [0, 0.1) is 0 Å². The lowest BCUT2D eigenvalue weighted by molar-refractivity contribution is 1.63. The van der Waals surface area contributed by atoms with Crippen molar-refractivity contribution in [2.75, 3.05) is 0 Å². The number of allylic oxidation sites excluding steroid dienone is 6. The van der Waals surface area contributed by atoms with Crippen LogP contribution in [-0.2, 0) is 0 Å². The topological polar surface area (TPSA) is 0 Å². The summed E-state index contributed by atoms with van der Waals surface area (Å²) in [7, 11) is 0. The van der Waals surface area contributed by atoms with Gasteiger partial charge in [-0.3, -0.25) is 0 Å². The van der Waals surface area contributed by atoms with Crippen molar-refractivity contribution in [1.82, 2.24) is 0 Å². The number of benzene rings is 3. The van der Waals surface area contributed by atoms with Crippen LogP contribution >= 0.6 is 0 Å². The van der Waals surface area contributed by atoms with E-state index >= 15 is 0 Å². The summed E-state index contributed by atoms with van der Waals surface area (Å²) in [5.41, 5.74) is 4.53. The van der Waals surface area contributed by atoms with Gasteiger partial charge in [0.2, 0.25) is 0 Å². The summed E-state index contributed by atoms with van der Waals surface area (Å²) in [6.07, 6.45) is 13.2. The summed E-state index contributed by atoms with van der Waals surface area (Å²) in [6.45, 7) is 14.6. The molecule has 0 saturated carbocycles. The third-order valence-corrected chi connectivity index (χ3v) is 3.84. The molecule has 150 valence electrons. The fraction of sp³-hybridized carbons (Fsp3) is 0. The molecule has 0 nitrogen and oxygen atoms in total. The first-order valence-corrected chi connectivity index (χ1v) is 9.76. The van der Waals surface area contributed by atoms with Gasteiger partial charge in [-0.25, -0.2) is 0 Å². The molecule has 3 rings (SSSR count). The van der Waals surface area contributed by atoms with Crippen LogP contribution in [0.5, 0.6) is 0 Å². The Morgan fingerprint density at radius 3 is 1.23 bits per heavy atom. The number of hydrogen-bond donors (Lipinski definition) is 0. The highest BCUT2D eigenvalue weighted by molar-refractivity contribution is 5.71. The average molecular weight is 391 g/mol. The highest BCUT2D eigenvalue weighted by Gasteiger charge is 1.88. The molecule has 0 heteroatoms. The zero-order chi connectivity index (χ0) is 21.9. The van der Waals surface area contributed by atoms with E-state index in [2.05, 4.69) is 50.6 Å². The monoisotopic (exact) mass is 390 g/mol. The van der Waals surface area contributed by atoms with Gasteiger partial charge in [0.05, 0.1) is 0 Å². The second kappa shape index (κ2) is 16.1. The van der Waals surface area contributed by atoms with Crippen LogP contribution in [0.1, 0.15) is 16.7 Å². The van der Waals surface area contributed by atoms with Gasteiger partial charge in [-0.05, 0) is 22.3 Å². The molecular formula is C30H30. The summed E-state index contributed by atoms with van der Waals surface area (Å²) in [5.74, 6) is 0. The van der Waals surface area contributed by atoms with Gasteiger partial charge in [-0.1, -0.05) is 160 Å². The Morgan fingerprint density at radius 1 is 0.533 bits per heavy atom. The third-order valence-electron chi connectivity index (χ3n) is 3.84. The summed E-state index contributed by atoms with van der Waals surface area (Å²) in [4.78, 5) is 0. The number of hydrogen-bond acceptors (Lipinski definition) is 0. The molecule has 0 aliphatic rings. The molecule has 0 aromatic heterocycles. The Labute approximate surface area is 182 Å². The molecule has 3 aromatic carbocycles. The molecule has 0 fully saturated rings. The normalized spacial score (nSPS) is 9.60. The van der Waals surface area contributed by atoms with Crippen LogP contribution in [-0.4, -0.2) is 0 Å². The minimum Gasteiger partial charge on any atom is -0.0991 e. The zero-order valence-electron chi connectivity index (χ0n) is 17.5. The maximum absolute atomic E-state index is 3.83. The first-order chi connectivity index (χ1) is 14.7. The van der Waals surface area contributed by atoms with Gasteiger partial charge >= 0.3 is 0 Å². The van der Waals surface area contributed by atoms with Crippen molar-refractivity contribution in [3.8, 4) is 0 Å². The fourth-order valence-corrected chi connectivity index (χ4v) is 2.26. The second-order valence-electron chi connectivity index (χ2n) is 6.11. The SMILES string of the molecule is C=C/C=C/c1ccccc1.C=C/C=C\c1ccccc1.C=CC(=C)c1ccccc1. The molecule has 0 amide bonds. The standard InChI is InChI=1S/3C10H10/c1-3-9(2)10-7-5-4-6-8-10;2*1-2-3-7-10-8-5-4-6-9-10/h3-8H,1-2H2;2*2-9H,1H2/b;7-3+;7-3-. The lowest BCUT2D eigenvalue weighted by Crippen LogP contribution is -1.74. The quantitative estimate of drug-likeness (QED) is 0.369. The van der Waals surface area contributed by atoms with Crippen molar-refractivity contribution in [1.29, 1.82) is 0 Å². The zero-order valence-corrected chi connectivity index (χ0v) is 17.5. The van der Waals surface area contributed by atoms with E-state index in [0.29, 0.717) is 0 Å². The maximum atomic E-state index is 3.83. The Hall–Kier alpha value is -3.90. The van der Waals surface area contributed by atoms with Crippen molar-refractivity contribution in [3.05, 3.63) is 164 Å². The van der Waals surface area contributed by atoms with E-state index in [9.17, 15) is 0 Å². The molecule has 0 bridgehead atoms. The Kier molecular flexibility index (Phi) is 12.9. The first kappa shape index (κ1) is 24.1. The van der Waals surface area contributed by atoms with Gasteiger partial charge in [0.15, 0.2) is 0 Å². The van der Waals surface area contributed by atoms with Crippen LogP contribution in [0.15, 0.2) is 148 Å². The van der Waals surface area contributed by atoms with Gasteiger partial charge < -0.3 is 0 Å². The van der Waals surface area contributed by atoms with E-state index in [1.165, 1.54) is 11.1 Å². The molecule has 0 N–H and O–H groups in total. The molecule has 0 atom stereocenters. The minimum atomic E-state index is 0.973. The highest BCUT2D eigenvalue weighted by atomic mass is 13.9. The fourth-order valence-electron chi connectivity index (χ4n) is 2.26. The summed E-state index contributed by atoms with van der Waals surface area (Å²) in [5, 5.41) is 0. The first-order valence-electron chi connectivity index (χ1n) is 9.76. The van der Waals surface area contributed by atoms with Crippen molar-refractivity contribution < 1.29 is 0 Å². The van der Waals surface area contributed by atoms with Gasteiger partial charge in [-0.2, -0.15) is 0 Å². The van der Waals surface area contributed by atoms with Crippen LogP contribution in [0.2, 0.25) is 0 Å². The lowest BCUT2D eigenvalue weighted by atomic mass is 10.1. The molecule has 0 aliphatic heterocycles. The van der Waals surface area contributed by atoms with Crippen LogP contribution in [0.3, 0.4) is 0 Å². The highest BCUT2D eigenvalue weighted by Crippen LogP contribution is 2.10. The second-order valence-corrected chi connectivity index (χ2v) is 6.11. The molecular weight excluding hydrogens is 360 g/mol. The van der Waals surface area contributed by atoms with Crippen LogP contribution in [0.4, 0.5) is 0 Å². The van der Waals surface area contributed by atoms with E-state index < -0.39 is 0 Å². The van der Waals surface area contributed by atoms with E-state index in [1.54, 1.807) is 18.2 Å². The molecule has 0 aliphatic carbocycles. The van der Waals surface area contributed by atoms with Crippen molar-refractivity contribution in [2.24, 2.45) is 0 Å². The van der Waals surface area contributed by atoms with Crippen LogP contribution < -0.4 is 0 Å². The minimum absolute atomic E-state index is 0.973. The van der Waals surface area contributed by atoms with Crippen molar-refractivity contribution in [2.45, 2.75) is 0 Å². The Morgan fingerprint density at radius 2 is 0.900 bits per heavy atom. The van der Waals surface area contributed by atoms with Gasteiger partial charge in [-0.15, -0.1) is 0 Å². The Bertz CT molecular complexity index is 874. The third kappa shape index (κ3) is 11.1. The summed E-state index contributed by atoms with van der Waals surface area (Å²) >= 11 is 0. The van der Waals surface area contributed by atoms with Crippen molar-refractivity contribution >= 4 is 17.7 Å². The molecule has 0 saturated heterocycles. The summed E-state index contributed by atoms with van der Waals surface area (Å²) < 4.78 is 0. The molecule has 0 radical (unpaired) electrons. The number of rotatable bonds is 6. The van der Waals surface area contributed by atoms with E-state index in [-0.39, 0.29) is 0 Å². The molecule has 0 unspecified atom stereocenters. The molecule has 0 spiro atoms. The smallest absolute Gasteiger partial charge is 0.0190 e. The molecule has 3 aromatic rings. The van der Waals surface area contributed by atoms with E-state index in [4.69, 9.17) is 0 Å². The van der Waals surface area contributed by atoms with Crippen molar-refractivity contribution in [3.63, 3.8) is 0 Å². The average Bonchev–Trinajstić information content (AvgIpc) is 2.83.